The maximum atomic E-state index is 13.3. The maximum absolute atomic E-state index is 13.3. The Morgan fingerprint density at radius 3 is 2.44 bits per heavy atom. The fourth-order valence-corrected chi connectivity index (χ4v) is 4.81. The molecule has 1 aromatic heterocycles. The summed E-state index contributed by atoms with van der Waals surface area (Å²) in [7, 11) is 0. The van der Waals surface area contributed by atoms with Gasteiger partial charge in [0.25, 0.3) is 5.91 Å². The molecule has 2 heterocycles. The molecule has 0 unspecified atom stereocenters. The molecule has 6 nitrogen and oxygen atoms in total. The first-order valence-corrected chi connectivity index (χ1v) is 11.9. The van der Waals surface area contributed by atoms with E-state index in [9.17, 15) is 15.0 Å². The van der Waals surface area contributed by atoms with Crippen molar-refractivity contribution >= 4 is 22.5 Å². The number of nitrogens with zero attached hydrogens (tertiary/aromatic N) is 3. The van der Waals surface area contributed by atoms with Gasteiger partial charge in [0.15, 0.2) is 5.82 Å². The van der Waals surface area contributed by atoms with Crippen LogP contribution in [-0.2, 0) is 6.42 Å². The van der Waals surface area contributed by atoms with Gasteiger partial charge < -0.3 is 15.1 Å². The average molecular weight is 474 g/mol. The standard InChI is InChI=1S/C30H23N3O3/c34-22-13-14-24(27(35)18-22)30(36)33-16-6-9-20-17-21(12-15-26(20)33)28-23-10-4-5-11-25(23)31-29(32-28)19-7-2-1-3-8-19/h1-5,7-8,10-15,17-18,34-35H,6,9,16H2. The van der Waals surface area contributed by atoms with E-state index >= 15 is 0 Å². The van der Waals surface area contributed by atoms with Crippen molar-refractivity contribution in [1.82, 2.24) is 9.97 Å². The zero-order chi connectivity index (χ0) is 24.6. The molecule has 36 heavy (non-hydrogen) atoms. The third kappa shape index (κ3) is 3.82. The number of carbonyl (C=O) groups is 1. The third-order valence-corrected chi connectivity index (χ3v) is 6.56. The minimum atomic E-state index is -0.292. The summed E-state index contributed by atoms with van der Waals surface area (Å²) >= 11 is 0. The molecule has 0 atom stereocenters. The number of rotatable bonds is 3. The molecular formula is C30H23N3O3. The molecule has 5 aromatic rings. The number of fused-ring (bicyclic) bond motifs is 2. The summed E-state index contributed by atoms with van der Waals surface area (Å²) in [5.74, 6) is 0.0611. The van der Waals surface area contributed by atoms with Gasteiger partial charge in [0.2, 0.25) is 0 Å². The number of amides is 1. The van der Waals surface area contributed by atoms with Crippen LogP contribution < -0.4 is 4.90 Å². The van der Waals surface area contributed by atoms with Gasteiger partial charge in [-0.3, -0.25) is 4.79 Å². The first kappa shape index (κ1) is 21.8. The highest BCUT2D eigenvalue weighted by atomic mass is 16.3. The van der Waals surface area contributed by atoms with Crippen molar-refractivity contribution in [3.63, 3.8) is 0 Å². The molecule has 1 aliphatic rings. The summed E-state index contributed by atoms with van der Waals surface area (Å²) in [5.41, 5.74) is 5.68. The number of aromatic nitrogens is 2. The fourth-order valence-electron chi connectivity index (χ4n) is 4.81. The highest BCUT2D eigenvalue weighted by Gasteiger charge is 2.26. The lowest BCUT2D eigenvalue weighted by Gasteiger charge is -2.30. The van der Waals surface area contributed by atoms with Crippen LogP contribution in [0.5, 0.6) is 11.5 Å². The van der Waals surface area contributed by atoms with Crippen LogP contribution in [0.2, 0.25) is 0 Å². The molecule has 0 saturated heterocycles. The van der Waals surface area contributed by atoms with Crippen molar-refractivity contribution in [2.75, 3.05) is 11.4 Å². The lowest BCUT2D eigenvalue weighted by molar-refractivity contribution is 0.0982. The van der Waals surface area contributed by atoms with Crippen molar-refractivity contribution in [2.24, 2.45) is 0 Å². The highest BCUT2D eigenvalue weighted by Crippen LogP contribution is 2.36. The lowest BCUT2D eigenvalue weighted by Crippen LogP contribution is -2.35. The average Bonchev–Trinajstić information content (AvgIpc) is 2.92. The third-order valence-electron chi connectivity index (χ3n) is 6.56. The largest absolute Gasteiger partial charge is 0.508 e. The SMILES string of the molecule is O=C(c1ccc(O)cc1O)N1CCCc2cc(-c3nc(-c4ccccc4)nc4ccccc34)ccc21. The van der Waals surface area contributed by atoms with Crippen molar-refractivity contribution in [3.8, 4) is 34.1 Å². The van der Waals surface area contributed by atoms with E-state index in [0.717, 1.165) is 51.8 Å². The van der Waals surface area contributed by atoms with Crippen LogP contribution in [0.25, 0.3) is 33.5 Å². The van der Waals surface area contributed by atoms with Crippen LogP contribution in [0, 0.1) is 0 Å². The Bertz CT molecular complexity index is 1620. The van der Waals surface area contributed by atoms with Gasteiger partial charge in [-0.05, 0) is 48.7 Å². The summed E-state index contributed by atoms with van der Waals surface area (Å²) in [6.45, 7) is 0.556. The molecule has 6 rings (SSSR count). The summed E-state index contributed by atoms with van der Waals surface area (Å²) < 4.78 is 0. The van der Waals surface area contributed by atoms with E-state index in [2.05, 4.69) is 6.07 Å². The second kappa shape index (κ2) is 8.82. The van der Waals surface area contributed by atoms with Gasteiger partial charge in [-0.1, -0.05) is 54.6 Å². The van der Waals surface area contributed by atoms with Gasteiger partial charge in [-0.25, -0.2) is 9.97 Å². The first-order valence-electron chi connectivity index (χ1n) is 11.9. The number of para-hydroxylation sites is 1. The van der Waals surface area contributed by atoms with E-state index in [1.807, 2.05) is 66.7 Å². The summed E-state index contributed by atoms with van der Waals surface area (Å²) in [5, 5.41) is 20.8. The van der Waals surface area contributed by atoms with E-state index in [-0.39, 0.29) is 23.0 Å². The second-order valence-electron chi connectivity index (χ2n) is 8.88. The quantitative estimate of drug-likeness (QED) is 0.337. The monoisotopic (exact) mass is 473 g/mol. The number of hydrogen-bond acceptors (Lipinski definition) is 5. The molecule has 2 N–H and O–H groups in total. The summed E-state index contributed by atoms with van der Waals surface area (Å²) in [4.78, 5) is 24.7. The Morgan fingerprint density at radius 2 is 1.61 bits per heavy atom. The number of aromatic hydroxyl groups is 2. The van der Waals surface area contributed by atoms with Crippen molar-refractivity contribution < 1.29 is 15.0 Å². The predicted molar refractivity (Wildman–Crippen MR) is 140 cm³/mol. The Labute approximate surface area is 208 Å². The number of phenols is 2. The fraction of sp³-hybridized carbons (Fsp3) is 0.100. The van der Waals surface area contributed by atoms with Gasteiger partial charge in [0, 0.05) is 34.8 Å². The number of carbonyl (C=O) groups excluding carboxylic acids is 1. The molecule has 0 bridgehead atoms. The number of anilines is 1. The Morgan fingerprint density at radius 1 is 0.806 bits per heavy atom. The first-order chi connectivity index (χ1) is 17.6. The van der Waals surface area contributed by atoms with Crippen LogP contribution >= 0.6 is 0 Å². The number of benzene rings is 4. The van der Waals surface area contributed by atoms with E-state index in [1.165, 1.54) is 18.2 Å². The molecule has 4 aromatic carbocycles. The van der Waals surface area contributed by atoms with Crippen LogP contribution in [0.15, 0.2) is 91.0 Å². The van der Waals surface area contributed by atoms with Crippen LogP contribution in [0.1, 0.15) is 22.3 Å². The number of hydrogen-bond donors (Lipinski definition) is 2. The number of aryl methyl sites for hydroxylation is 1. The topological polar surface area (TPSA) is 86.5 Å². The molecule has 6 heteroatoms. The Hall–Kier alpha value is -4.71. The molecule has 176 valence electrons. The van der Waals surface area contributed by atoms with E-state index in [0.29, 0.717) is 12.4 Å². The van der Waals surface area contributed by atoms with Gasteiger partial charge in [-0.2, -0.15) is 0 Å². The highest BCUT2D eigenvalue weighted by molar-refractivity contribution is 6.08. The molecular weight excluding hydrogens is 450 g/mol. The van der Waals surface area contributed by atoms with Gasteiger partial charge in [-0.15, -0.1) is 0 Å². The predicted octanol–water partition coefficient (Wildman–Crippen LogP) is 5.97. The van der Waals surface area contributed by atoms with Gasteiger partial charge in [0.1, 0.15) is 11.5 Å². The zero-order valence-corrected chi connectivity index (χ0v) is 19.4. The minimum Gasteiger partial charge on any atom is -0.508 e. The minimum absolute atomic E-state index is 0.0836. The van der Waals surface area contributed by atoms with Crippen molar-refractivity contribution in [1.29, 1.82) is 0 Å². The molecule has 0 fully saturated rings. The van der Waals surface area contributed by atoms with Crippen LogP contribution in [-0.4, -0.2) is 32.6 Å². The lowest BCUT2D eigenvalue weighted by atomic mass is 9.96. The van der Waals surface area contributed by atoms with Crippen LogP contribution in [0.4, 0.5) is 5.69 Å². The zero-order valence-electron chi connectivity index (χ0n) is 19.4. The van der Waals surface area contributed by atoms with Crippen LogP contribution in [0.3, 0.4) is 0 Å². The summed E-state index contributed by atoms with van der Waals surface area (Å²) in [6.07, 6.45) is 1.64. The maximum Gasteiger partial charge on any atom is 0.262 e. The molecule has 1 amide bonds. The number of phenolic OH excluding ortho intramolecular Hbond substituents is 2. The van der Waals surface area contributed by atoms with Gasteiger partial charge in [0.05, 0.1) is 16.8 Å². The van der Waals surface area contributed by atoms with E-state index in [1.54, 1.807) is 4.90 Å². The molecule has 0 saturated carbocycles. The van der Waals surface area contributed by atoms with E-state index in [4.69, 9.17) is 9.97 Å². The second-order valence-corrected chi connectivity index (χ2v) is 8.88. The summed E-state index contributed by atoms with van der Waals surface area (Å²) in [6, 6.07) is 28.0. The Kier molecular flexibility index (Phi) is 5.34. The van der Waals surface area contributed by atoms with Crippen molar-refractivity contribution in [2.45, 2.75) is 12.8 Å². The normalized spacial score (nSPS) is 12.9. The van der Waals surface area contributed by atoms with Crippen molar-refractivity contribution in [3.05, 3.63) is 102 Å². The smallest absolute Gasteiger partial charge is 0.262 e. The molecule has 0 aliphatic carbocycles. The van der Waals surface area contributed by atoms with Gasteiger partial charge >= 0.3 is 0 Å². The Balaban J connectivity index is 1.44. The molecule has 0 spiro atoms. The molecule has 0 radical (unpaired) electrons. The van der Waals surface area contributed by atoms with E-state index < -0.39 is 0 Å². The molecule has 1 aliphatic heterocycles.